The molecule has 0 aromatic rings. The molecule has 440 valence electrons. The molecule has 78 heavy (non-hydrogen) atoms. The predicted molar refractivity (Wildman–Crippen MR) is 332 cm³/mol. The third-order valence-corrected chi connectivity index (χ3v) is 13.0. The summed E-state index contributed by atoms with van der Waals surface area (Å²) in [6, 6.07) is 0. The van der Waals surface area contributed by atoms with Gasteiger partial charge in [-0.15, -0.1) is 0 Å². The Balaban J connectivity index is 4.27. The van der Waals surface area contributed by atoms with Gasteiger partial charge >= 0.3 is 11.9 Å². The molecule has 0 radical (unpaired) electrons. The van der Waals surface area contributed by atoms with Crippen LogP contribution in [-0.4, -0.2) is 70.0 Å². The van der Waals surface area contributed by atoms with Gasteiger partial charge in [-0.2, -0.15) is 0 Å². The molecule has 0 aliphatic rings. The fourth-order valence-electron chi connectivity index (χ4n) is 7.46. The minimum absolute atomic E-state index is 0.0457. The van der Waals surface area contributed by atoms with Crippen LogP contribution in [0.3, 0.4) is 0 Å². The molecule has 0 aliphatic carbocycles. The Hall–Kier alpha value is -4.37. The molecule has 0 aromatic carbocycles. The standard InChI is InChI=1S/C68H110NO8P/c1-6-8-10-12-14-16-18-20-22-24-26-28-30-32-33-34-35-37-39-41-43-45-47-49-51-53-55-57-59-61-68(71)77-66(65-76-78(72,73)75-63-62-69(3,4)5)64-74-67(70)60-58-56-54-52-50-48-46-44-42-40-38-36-31-29-27-25-23-21-19-17-15-13-11-9-7-2/h8-11,14-17,20-23,26-29,32-33,35-38,41-44,66H,6-7,12-13,18-19,24-25,30-31,34,39-40,45-65H2,1-5H3/b10-8-,11-9-,16-14-,17-15-,22-20-,23-21-,28-26-,29-27-,33-32-,37-35-,38-36-,43-41-,44-42-. The summed E-state index contributed by atoms with van der Waals surface area (Å²) in [4.78, 5) is 37.9. The smallest absolute Gasteiger partial charge is 0.306 e. The number of allylic oxidation sites excluding steroid dienone is 26. The SMILES string of the molecule is CC/C=C\C/C=C\C/C=C\C/C=C\C/C=C\C/C=C\C/C=C\CCCCCCCCCC(=O)OC(COC(=O)CCCCCCCC/C=C\C/C=C\C/C=C\C/C=C\C/C=C\C/C=C\CC)COP(=O)([O-])OCC[N+](C)(C)C. The summed E-state index contributed by atoms with van der Waals surface area (Å²) in [5, 5.41) is 0. The first-order valence-corrected chi connectivity index (χ1v) is 31.7. The first-order chi connectivity index (χ1) is 38.0. The number of unbranched alkanes of at least 4 members (excludes halogenated alkanes) is 13. The second kappa shape index (κ2) is 57.3. The van der Waals surface area contributed by atoms with Crippen molar-refractivity contribution in [2.45, 2.75) is 213 Å². The molecule has 9 nitrogen and oxygen atoms in total. The maximum absolute atomic E-state index is 12.8. The molecule has 0 aliphatic heterocycles. The zero-order valence-corrected chi connectivity index (χ0v) is 50.7. The van der Waals surface area contributed by atoms with Gasteiger partial charge in [0.25, 0.3) is 7.82 Å². The van der Waals surface area contributed by atoms with E-state index in [0.717, 1.165) is 154 Å². The highest BCUT2D eigenvalue weighted by atomic mass is 31.2. The fourth-order valence-corrected chi connectivity index (χ4v) is 8.19. The van der Waals surface area contributed by atoms with Crippen molar-refractivity contribution in [2.24, 2.45) is 0 Å². The van der Waals surface area contributed by atoms with Crippen molar-refractivity contribution in [3.63, 3.8) is 0 Å². The summed E-state index contributed by atoms with van der Waals surface area (Å²) in [6.07, 6.45) is 85.7. The molecule has 0 saturated heterocycles. The number of rotatable bonds is 53. The Morgan fingerprint density at radius 2 is 0.692 bits per heavy atom. The molecule has 0 amide bonds. The number of hydrogen-bond donors (Lipinski definition) is 0. The number of hydrogen-bond acceptors (Lipinski definition) is 8. The first kappa shape index (κ1) is 73.6. The number of carbonyl (C=O) groups excluding carboxylic acids is 2. The molecule has 0 bridgehead atoms. The van der Waals surface area contributed by atoms with E-state index in [1.807, 2.05) is 21.1 Å². The Morgan fingerprint density at radius 1 is 0.397 bits per heavy atom. The average molecular weight is 1100 g/mol. The van der Waals surface area contributed by atoms with Crippen LogP contribution in [-0.2, 0) is 32.7 Å². The summed E-state index contributed by atoms with van der Waals surface area (Å²) >= 11 is 0. The number of nitrogens with zero attached hydrogens (tertiary/aromatic N) is 1. The lowest BCUT2D eigenvalue weighted by atomic mass is 10.1. The lowest BCUT2D eigenvalue weighted by Crippen LogP contribution is -2.37. The van der Waals surface area contributed by atoms with Crippen molar-refractivity contribution >= 4 is 19.8 Å². The van der Waals surface area contributed by atoms with Crippen LogP contribution in [0.25, 0.3) is 0 Å². The summed E-state index contributed by atoms with van der Waals surface area (Å²) < 4.78 is 34.2. The van der Waals surface area contributed by atoms with Gasteiger partial charge in [0.05, 0.1) is 27.7 Å². The van der Waals surface area contributed by atoms with Gasteiger partial charge in [0.2, 0.25) is 0 Å². The second-order valence-electron chi connectivity index (χ2n) is 20.6. The van der Waals surface area contributed by atoms with E-state index in [-0.39, 0.29) is 26.1 Å². The summed E-state index contributed by atoms with van der Waals surface area (Å²) in [7, 11) is 1.12. The monoisotopic (exact) mass is 1100 g/mol. The number of carbonyl (C=O) groups is 2. The second-order valence-corrected chi connectivity index (χ2v) is 22.0. The molecule has 0 saturated carbocycles. The summed E-state index contributed by atoms with van der Waals surface area (Å²) in [6.45, 7) is 3.95. The predicted octanol–water partition coefficient (Wildman–Crippen LogP) is 18.6. The third-order valence-electron chi connectivity index (χ3n) is 12.0. The zero-order chi connectivity index (χ0) is 57.0. The van der Waals surface area contributed by atoms with Crippen LogP contribution in [0.4, 0.5) is 0 Å². The minimum atomic E-state index is -4.66. The fraction of sp³-hybridized carbons (Fsp3) is 0.588. The topological polar surface area (TPSA) is 111 Å². The largest absolute Gasteiger partial charge is 0.756 e. The van der Waals surface area contributed by atoms with Gasteiger partial charge < -0.3 is 27.9 Å². The van der Waals surface area contributed by atoms with Crippen molar-refractivity contribution in [3.8, 4) is 0 Å². The zero-order valence-electron chi connectivity index (χ0n) is 49.8. The minimum Gasteiger partial charge on any atom is -0.756 e. The van der Waals surface area contributed by atoms with E-state index in [4.69, 9.17) is 18.5 Å². The van der Waals surface area contributed by atoms with Crippen LogP contribution < -0.4 is 4.89 Å². The quantitative estimate of drug-likeness (QED) is 0.0195. The lowest BCUT2D eigenvalue weighted by Gasteiger charge is -2.28. The van der Waals surface area contributed by atoms with E-state index >= 15 is 0 Å². The number of ether oxygens (including phenoxy) is 2. The normalized spacial score (nSPS) is 14.4. The van der Waals surface area contributed by atoms with Gasteiger partial charge in [-0.25, -0.2) is 0 Å². The van der Waals surface area contributed by atoms with E-state index in [9.17, 15) is 19.0 Å². The van der Waals surface area contributed by atoms with Crippen molar-refractivity contribution in [3.05, 3.63) is 158 Å². The third kappa shape index (κ3) is 60.9. The highest BCUT2D eigenvalue weighted by Crippen LogP contribution is 2.38. The van der Waals surface area contributed by atoms with Gasteiger partial charge in [-0.3, -0.25) is 14.2 Å². The van der Waals surface area contributed by atoms with Crippen LogP contribution >= 0.6 is 7.82 Å². The Bertz CT molecular complexity index is 1870. The first-order valence-electron chi connectivity index (χ1n) is 30.2. The molecule has 0 heterocycles. The van der Waals surface area contributed by atoms with Crippen LogP contribution in [0.1, 0.15) is 206 Å². The van der Waals surface area contributed by atoms with Crippen molar-refractivity contribution in [1.82, 2.24) is 0 Å². The van der Waals surface area contributed by atoms with Gasteiger partial charge in [0.15, 0.2) is 6.10 Å². The van der Waals surface area contributed by atoms with Crippen molar-refractivity contribution < 1.29 is 42.1 Å². The van der Waals surface area contributed by atoms with Gasteiger partial charge in [0, 0.05) is 12.8 Å². The molecule has 0 rings (SSSR count). The molecular weight excluding hydrogens is 990 g/mol. The lowest BCUT2D eigenvalue weighted by molar-refractivity contribution is -0.870. The molecular formula is C68H110NO8P. The van der Waals surface area contributed by atoms with Crippen LogP contribution in [0, 0.1) is 0 Å². The maximum atomic E-state index is 12.8. The molecule has 10 heteroatoms. The maximum Gasteiger partial charge on any atom is 0.306 e. The van der Waals surface area contributed by atoms with Crippen molar-refractivity contribution in [2.75, 3.05) is 47.5 Å². The molecule has 0 aromatic heterocycles. The molecule has 0 fully saturated rings. The number of esters is 2. The highest BCUT2D eigenvalue weighted by Gasteiger charge is 2.21. The molecule has 2 atom stereocenters. The number of likely N-dealkylation sites (N-methyl/N-ethyl adjacent to an activating group) is 1. The van der Waals surface area contributed by atoms with E-state index in [2.05, 4.69) is 172 Å². The Morgan fingerprint density at radius 3 is 1.03 bits per heavy atom. The van der Waals surface area contributed by atoms with Crippen LogP contribution in [0.2, 0.25) is 0 Å². The van der Waals surface area contributed by atoms with E-state index in [1.165, 1.54) is 12.8 Å². The Labute approximate surface area is 477 Å². The summed E-state index contributed by atoms with van der Waals surface area (Å²) in [5.41, 5.74) is 0. The Kier molecular flexibility index (Phi) is 54.1. The molecule has 2 unspecified atom stereocenters. The molecule has 0 N–H and O–H groups in total. The van der Waals surface area contributed by atoms with Crippen LogP contribution in [0.15, 0.2) is 158 Å². The van der Waals surface area contributed by atoms with Gasteiger partial charge in [-0.1, -0.05) is 230 Å². The van der Waals surface area contributed by atoms with E-state index in [0.29, 0.717) is 23.9 Å². The molecule has 0 spiro atoms. The number of phosphoric ester groups is 1. The van der Waals surface area contributed by atoms with Gasteiger partial charge in [-0.05, 0) is 122 Å². The number of quaternary nitrogens is 1. The van der Waals surface area contributed by atoms with Crippen LogP contribution in [0.5, 0.6) is 0 Å². The highest BCUT2D eigenvalue weighted by molar-refractivity contribution is 7.45. The van der Waals surface area contributed by atoms with Crippen molar-refractivity contribution in [1.29, 1.82) is 0 Å². The average Bonchev–Trinajstić information content (AvgIpc) is 3.41. The summed E-state index contributed by atoms with van der Waals surface area (Å²) in [5.74, 6) is -0.877. The van der Waals surface area contributed by atoms with Gasteiger partial charge in [0.1, 0.15) is 19.8 Å². The van der Waals surface area contributed by atoms with E-state index in [1.54, 1.807) is 0 Å². The number of phosphoric acid groups is 1. The van der Waals surface area contributed by atoms with E-state index < -0.39 is 32.5 Å².